The minimum absolute atomic E-state index is 0.150. The van der Waals surface area contributed by atoms with Gasteiger partial charge in [-0.3, -0.25) is 4.79 Å². The highest BCUT2D eigenvalue weighted by Gasteiger charge is 2.04. The number of benzene rings is 1. The van der Waals surface area contributed by atoms with Crippen LogP contribution in [0.2, 0.25) is 0 Å². The topological polar surface area (TPSA) is 68.1 Å². The standard InChI is InChI=1S/C14H21NO2.C2H6.CH2O2/c1-6-11(3)17-15-12(4)13-7-10(2)8-14(9-13)16-5;1-2;2-1-3/h7-9,11H,6H2,1-5H3;1-2H3;1H,(H,2,3)/b15-12+;;. The van der Waals surface area contributed by atoms with Gasteiger partial charge in [-0.05, 0) is 51.0 Å². The summed E-state index contributed by atoms with van der Waals surface area (Å²) in [6, 6.07) is 6.03. The molecule has 1 atom stereocenters. The van der Waals surface area contributed by atoms with Crippen LogP contribution in [-0.4, -0.2) is 30.5 Å². The van der Waals surface area contributed by atoms with Crippen LogP contribution in [0.5, 0.6) is 5.75 Å². The molecule has 1 rings (SSSR count). The Morgan fingerprint density at radius 1 is 1.36 bits per heavy atom. The number of nitrogens with zero attached hydrogens (tertiary/aromatic N) is 1. The zero-order chi connectivity index (χ0) is 17.5. The maximum absolute atomic E-state index is 8.36. The van der Waals surface area contributed by atoms with Crippen LogP contribution in [0.4, 0.5) is 0 Å². The van der Waals surface area contributed by atoms with Crippen LogP contribution in [0.3, 0.4) is 0 Å². The third-order valence-corrected chi connectivity index (χ3v) is 2.65. The molecule has 0 aromatic heterocycles. The molecule has 0 heterocycles. The molecule has 1 unspecified atom stereocenters. The van der Waals surface area contributed by atoms with Gasteiger partial charge in [0.15, 0.2) is 0 Å². The van der Waals surface area contributed by atoms with Crippen LogP contribution >= 0.6 is 0 Å². The largest absolute Gasteiger partial charge is 0.497 e. The molecule has 1 aromatic rings. The van der Waals surface area contributed by atoms with Crippen molar-refractivity contribution >= 4 is 12.2 Å². The van der Waals surface area contributed by atoms with E-state index in [9.17, 15) is 0 Å². The molecule has 5 nitrogen and oxygen atoms in total. The first-order valence-electron chi connectivity index (χ1n) is 7.42. The Labute approximate surface area is 133 Å². The van der Waals surface area contributed by atoms with Gasteiger partial charge in [0.1, 0.15) is 11.9 Å². The first kappa shape index (κ1) is 22.2. The summed E-state index contributed by atoms with van der Waals surface area (Å²) in [5.74, 6) is 0.845. The van der Waals surface area contributed by atoms with E-state index in [1.165, 1.54) is 0 Å². The van der Waals surface area contributed by atoms with Gasteiger partial charge in [-0.2, -0.15) is 0 Å². The van der Waals surface area contributed by atoms with Crippen LogP contribution in [0.15, 0.2) is 23.4 Å². The fraction of sp³-hybridized carbons (Fsp3) is 0.529. The molecule has 1 aromatic carbocycles. The van der Waals surface area contributed by atoms with E-state index in [2.05, 4.69) is 18.1 Å². The van der Waals surface area contributed by atoms with Crippen molar-refractivity contribution < 1.29 is 19.5 Å². The molecular weight excluding hydrogens is 282 g/mol. The van der Waals surface area contributed by atoms with Crippen molar-refractivity contribution in [2.45, 2.75) is 54.1 Å². The number of methoxy groups -OCH3 is 1. The maximum Gasteiger partial charge on any atom is 0.290 e. The monoisotopic (exact) mass is 311 g/mol. The van der Waals surface area contributed by atoms with Crippen molar-refractivity contribution in [1.29, 1.82) is 0 Å². The average Bonchev–Trinajstić information content (AvgIpc) is 2.54. The Bertz CT molecular complexity index is 444. The zero-order valence-corrected chi connectivity index (χ0v) is 14.7. The van der Waals surface area contributed by atoms with E-state index in [4.69, 9.17) is 19.5 Å². The second-order valence-corrected chi connectivity index (χ2v) is 4.35. The van der Waals surface area contributed by atoms with Crippen molar-refractivity contribution in [2.24, 2.45) is 5.16 Å². The molecule has 0 aliphatic heterocycles. The van der Waals surface area contributed by atoms with Crippen molar-refractivity contribution in [2.75, 3.05) is 7.11 Å². The molecule has 0 fully saturated rings. The third-order valence-electron chi connectivity index (χ3n) is 2.65. The van der Waals surface area contributed by atoms with Gasteiger partial charge in [-0.1, -0.05) is 25.9 Å². The van der Waals surface area contributed by atoms with E-state index in [1.54, 1.807) is 7.11 Å². The summed E-state index contributed by atoms with van der Waals surface area (Å²) in [5.41, 5.74) is 3.05. The van der Waals surface area contributed by atoms with Gasteiger partial charge in [-0.25, -0.2) is 0 Å². The summed E-state index contributed by atoms with van der Waals surface area (Å²) in [4.78, 5) is 13.7. The maximum atomic E-state index is 8.36. The van der Waals surface area contributed by atoms with E-state index >= 15 is 0 Å². The summed E-state index contributed by atoms with van der Waals surface area (Å²) in [6.07, 6.45) is 1.10. The normalized spacial score (nSPS) is 11.1. The van der Waals surface area contributed by atoms with E-state index < -0.39 is 0 Å². The zero-order valence-electron chi connectivity index (χ0n) is 14.7. The quantitative estimate of drug-likeness (QED) is 0.501. The van der Waals surface area contributed by atoms with Crippen molar-refractivity contribution in [3.05, 3.63) is 29.3 Å². The Morgan fingerprint density at radius 2 is 1.91 bits per heavy atom. The minimum atomic E-state index is -0.250. The highest BCUT2D eigenvalue weighted by atomic mass is 16.6. The summed E-state index contributed by atoms with van der Waals surface area (Å²) >= 11 is 0. The van der Waals surface area contributed by atoms with Crippen LogP contribution in [0, 0.1) is 6.92 Å². The number of ether oxygens (including phenoxy) is 1. The highest BCUT2D eigenvalue weighted by Crippen LogP contribution is 2.17. The SMILES string of the molecule is CC.CCC(C)O/N=C(\C)c1cc(C)cc(OC)c1.O=CO. The van der Waals surface area contributed by atoms with E-state index in [0.717, 1.165) is 29.0 Å². The van der Waals surface area contributed by atoms with Crippen molar-refractivity contribution in [3.63, 3.8) is 0 Å². The van der Waals surface area contributed by atoms with Crippen molar-refractivity contribution in [1.82, 2.24) is 0 Å². The van der Waals surface area contributed by atoms with E-state index in [0.29, 0.717) is 0 Å². The lowest BCUT2D eigenvalue weighted by Gasteiger charge is -2.09. The lowest BCUT2D eigenvalue weighted by Crippen LogP contribution is -2.05. The molecule has 126 valence electrons. The smallest absolute Gasteiger partial charge is 0.290 e. The van der Waals surface area contributed by atoms with Gasteiger partial charge in [0.05, 0.1) is 12.8 Å². The fourth-order valence-electron chi connectivity index (χ4n) is 1.37. The van der Waals surface area contributed by atoms with Gasteiger partial charge in [0, 0.05) is 5.56 Å². The predicted octanol–water partition coefficient (Wildman–Crippen LogP) is 4.27. The van der Waals surface area contributed by atoms with Crippen molar-refractivity contribution in [3.8, 4) is 5.75 Å². The molecule has 1 N–H and O–H groups in total. The number of carboxylic acid groups (broad SMARTS) is 1. The van der Waals surface area contributed by atoms with Crippen LogP contribution in [0.1, 0.15) is 52.2 Å². The second-order valence-electron chi connectivity index (χ2n) is 4.35. The Hall–Kier alpha value is -2.04. The summed E-state index contributed by atoms with van der Waals surface area (Å²) in [6.45, 7) is 11.8. The Morgan fingerprint density at radius 3 is 2.36 bits per heavy atom. The van der Waals surface area contributed by atoms with Gasteiger partial charge in [0.25, 0.3) is 6.47 Å². The molecule has 0 aliphatic carbocycles. The molecule has 5 heteroatoms. The molecule has 0 radical (unpaired) electrons. The Kier molecular flexibility index (Phi) is 14.1. The number of aryl methyl sites for hydroxylation is 1. The lowest BCUT2D eigenvalue weighted by atomic mass is 10.1. The molecule has 0 bridgehead atoms. The average molecular weight is 311 g/mol. The van der Waals surface area contributed by atoms with E-state index in [-0.39, 0.29) is 12.6 Å². The number of carbonyl (C=O) groups is 1. The Balaban J connectivity index is 0. The molecule has 0 aliphatic rings. The van der Waals surface area contributed by atoms with Gasteiger partial charge >= 0.3 is 0 Å². The van der Waals surface area contributed by atoms with Crippen LogP contribution in [0.25, 0.3) is 0 Å². The molecule has 22 heavy (non-hydrogen) atoms. The molecular formula is C17H29NO4. The number of oxime groups is 1. The van der Waals surface area contributed by atoms with Crippen LogP contribution < -0.4 is 4.74 Å². The van der Waals surface area contributed by atoms with Gasteiger partial charge in [0.2, 0.25) is 0 Å². The van der Waals surface area contributed by atoms with Gasteiger partial charge < -0.3 is 14.7 Å². The molecule has 0 saturated carbocycles. The third kappa shape index (κ3) is 9.80. The summed E-state index contributed by atoms with van der Waals surface area (Å²) < 4.78 is 5.24. The minimum Gasteiger partial charge on any atom is -0.497 e. The summed E-state index contributed by atoms with van der Waals surface area (Å²) in [7, 11) is 1.67. The fourth-order valence-corrected chi connectivity index (χ4v) is 1.37. The van der Waals surface area contributed by atoms with Gasteiger partial charge in [-0.15, -0.1) is 0 Å². The molecule has 0 saturated heterocycles. The number of hydrogen-bond acceptors (Lipinski definition) is 4. The number of rotatable bonds is 5. The van der Waals surface area contributed by atoms with E-state index in [1.807, 2.05) is 46.8 Å². The molecule has 0 amide bonds. The highest BCUT2D eigenvalue weighted by molar-refractivity contribution is 5.98. The second kappa shape index (κ2) is 13.9. The molecule has 0 spiro atoms. The predicted molar refractivity (Wildman–Crippen MR) is 90.8 cm³/mol. The van der Waals surface area contributed by atoms with Crippen LogP contribution in [-0.2, 0) is 9.63 Å². The first-order chi connectivity index (χ1) is 10.5. The number of hydrogen-bond donors (Lipinski definition) is 1. The lowest BCUT2D eigenvalue weighted by molar-refractivity contribution is -0.122. The first-order valence-corrected chi connectivity index (χ1v) is 7.42. The summed E-state index contributed by atoms with van der Waals surface area (Å²) in [5, 5.41) is 11.0.